The Labute approximate surface area is 143 Å². The van der Waals surface area contributed by atoms with Gasteiger partial charge in [-0.1, -0.05) is 39.1 Å². The molecule has 1 heterocycles. The molecule has 0 saturated carbocycles. The zero-order valence-electron chi connectivity index (χ0n) is 10.9. The van der Waals surface area contributed by atoms with E-state index in [-0.39, 0.29) is 16.4 Å². The van der Waals surface area contributed by atoms with E-state index in [1.165, 1.54) is 12.1 Å². The zero-order chi connectivity index (χ0) is 15.9. The molecular weight excluding hydrogens is 394 g/mol. The van der Waals surface area contributed by atoms with Crippen LogP contribution in [0.15, 0.2) is 40.9 Å². The van der Waals surface area contributed by atoms with Gasteiger partial charge < -0.3 is 10.3 Å². The normalized spacial score (nSPS) is 10.9. The lowest BCUT2D eigenvalue weighted by Gasteiger charge is -2.06. The van der Waals surface area contributed by atoms with E-state index in [9.17, 15) is 9.18 Å². The molecule has 0 atom stereocenters. The Morgan fingerprint density at radius 3 is 2.68 bits per heavy atom. The second kappa shape index (κ2) is 5.91. The number of rotatable bonds is 2. The summed E-state index contributed by atoms with van der Waals surface area (Å²) in [6.07, 6.45) is 0. The minimum atomic E-state index is -0.544. The van der Waals surface area contributed by atoms with E-state index >= 15 is 0 Å². The molecule has 0 aliphatic rings. The molecule has 1 amide bonds. The second-order valence-corrected chi connectivity index (χ2v) is 6.31. The van der Waals surface area contributed by atoms with Gasteiger partial charge in [-0.25, -0.2) is 4.39 Å². The molecule has 3 aromatic rings. The quantitative estimate of drug-likeness (QED) is 0.574. The highest BCUT2D eigenvalue weighted by atomic mass is 79.9. The molecule has 3 nitrogen and oxygen atoms in total. The van der Waals surface area contributed by atoms with Crippen LogP contribution in [0, 0.1) is 5.82 Å². The van der Waals surface area contributed by atoms with Crippen LogP contribution < -0.4 is 5.32 Å². The Morgan fingerprint density at radius 2 is 1.95 bits per heavy atom. The molecule has 0 fully saturated rings. The molecule has 0 radical (unpaired) electrons. The fraction of sp³-hybridized carbons (Fsp3) is 0. The Hall–Kier alpha value is -1.56. The molecule has 7 heteroatoms. The number of fused-ring (bicyclic) bond motifs is 1. The largest absolute Gasteiger partial charge is 0.349 e. The molecule has 0 spiro atoms. The van der Waals surface area contributed by atoms with Gasteiger partial charge in [0.25, 0.3) is 5.91 Å². The fourth-order valence-electron chi connectivity index (χ4n) is 2.06. The van der Waals surface area contributed by atoms with Gasteiger partial charge in [-0.15, -0.1) is 0 Å². The summed E-state index contributed by atoms with van der Waals surface area (Å²) in [6, 6.07) is 9.43. The van der Waals surface area contributed by atoms with Crippen LogP contribution in [0.4, 0.5) is 10.1 Å². The molecule has 3 rings (SSSR count). The van der Waals surface area contributed by atoms with Crippen LogP contribution in [0.5, 0.6) is 0 Å². The van der Waals surface area contributed by atoms with Gasteiger partial charge in [-0.05, 0) is 36.4 Å². The minimum absolute atomic E-state index is 0.0703. The summed E-state index contributed by atoms with van der Waals surface area (Å²) in [7, 11) is 0. The summed E-state index contributed by atoms with van der Waals surface area (Å²) in [4.78, 5) is 15.2. The zero-order valence-corrected chi connectivity index (χ0v) is 14.0. The number of H-pyrrole nitrogens is 1. The van der Waals surface area contributed by atoms with E-state index in [4.69, 9.17) is 23.2 Å². The molecule has 0 saturated heterocycles. The summed E-state index contributed by atoms with van der Waals surface area (Å²) in [5.41, 5.74) is 0.901. The predicted molar refractivity (Wildman–Crippen MR) is 90.4 cm³/mol. The lowest BCUT2D eigenvalue weighted by Crippen LogP contribution is -2.13. The van der Waals surface area contributed by atoms with Crippen LogP contribution in [-0.2, 0) is 0 Å². The maximum Gasteiger partial charge on any atom is 0.273 e. The Balaban J connectivity index is 1.97. The van der Waals surface area contributed by atoms with Gasteiger partial charge in [0, 0.05) is 20.4 Å². The van der Waals surface area contributed by atoms with E-state index in [1.54, 1.807) is 24.3 Å². The monoisotopic (exact) mass is 400 g/mol. The van der Waals surface area contributed by atoms with Crippen molar-refractivity contribution in [2.24, 2.45) is 0 Å². The summed E-state index contributed by atoms with van der Waals surface area (Å²) >= 11 is 15.3. The third kappa shape index (κ3) is 2.84. The Kier molecular flexibility index (Phi) is 4.12. The van der Waals surface area contributed by atoms with Gasteiger partial charge in [-0.3, -0.25) is 4.79 Å². The smallest absolute Gasteiger partial charge is 0.273 e. The van der Waals surface area contributed by atoms with E-state index < -0.39 is 11.7 Å². The number of aromatic amines is 1. The van der Waals surface area contributed by atoms with Crippen molar-refractivity contribution in [1.29, 1.82) is 0 Å². The number of amides is 1. The number of hydrogen-bond acceptors (Lipinski definition) is 1. The van der Waals surface area contributed by atoms with Crippen molar-refractivity contribution in [3.63, 3.8) is 0 Å². The first-order chi connectivity index (χ1) is 10.5. The van der Waals surface area contributed by atoms with Gasteiger partial charge in [0.15, 0.2) is 0 Å². The number of nitrogens with one attached hydrogen (secondary N) is 2. The van der Waals surface area contributed by atoms with Crippen molar-refractivity contribution in [1.82, 2.24) is 4.98 Å². The summed E-state index contributed by atoms with van der Waals surface area (Å²) < 4.78 is 14.4. The predicted octanol–water partition coefficient (Wildman–Crippen LogP) is 5.63. The number of carbonyl (C=O) groups is 1. The van der Waals surface area contributed by atoms with E-state index in [0.29, 0.717) is 20.4 Å². The van der Waals surface area contributed by atoms with Gasteiger partial charge in [0.05, 0.1) is 10.7 Å². The van der Waals surface area contributed by atoms with Crippen LogP contribution in [0.1, 0.15) is 10.5 Å². The van der Waals surface area contributed by atoms with Crippen molar-refractivity contribution in [3.8, 4) is 0 Å². The first-order valence-electron chi connectivity index (χ1n) is 6.19. The molecule has 2 aromatic carbocycles. The van der Waals surface area contributed by atoms with E-state index in [2.05, 4.69) is 26.2 Å². The standard InChI is InChI=1S/C15H8BrCl2FN2O/c16-7-1-3-12(10(19)5-7)21-15(22)14-13(18)9-6-8(17)2-4-11(9)20-14/h1-6,20H,(H,21,22). The van der Waals surface area contributed by atoms with Gasteiger partial charge in [-0.2, -0.15) is 0 Å². The first kappa shape index (κ1) is 15.3. The highest BCUT2D eigenvalue weighted by Gasteiger charge is 2.18. The molecule has 0 unspecified atom stereocenters. The lowest BCUT2D eigenvalue weighted by atomic mass is 10.2. The number of halogens is 4. The average Bonchev–Trinajstić information content (AvgIpc) is 2.79. The van der Waals surface area contributed by atoms with Crippen LogP contribution in [0.25, 0.3) is 10.9 Å². The topological polar surface area (TPSA) is 44.9 Å². The number of hydrogen-bond donors (Lipinski definition) is 2. The van der Waals surface area contributed by atoms with E-state index in [0.717, 1.165) is 0 Å². The van der Waals surface area contributed by atoms with Crippen LogP contribution >= 0.6 is 39.1 Å². The average molecular weight is 402 g/mol. The maximum atomic E-state index is 13.8. The van der Waals surface area contributed by atoms with Crippen molar-refractivity contribution in [3.05, 3.63) is 62.4 Å². The van der Waals surface area contributed by atoms with Crippen molar-refractivity contribution >= 4 is 61.6 Å². The SMILES string of the molecule is O=C(Nc1ccc(Br)cc1F)c1[nH]c2ccc(Cl)cc2c1Cl. The first-order valence-corrected chi connectivity index (χ1v) is 7.74. The van der Waals surface area contributed by atoms with Crippen molar-refractivity contribution in [2.75, 3.05) is 5.32 Å². The van der Waals surface area contributed by atoms with E-state index in [1.807, 2.05) is 0 Å². The maximum absolute atomic E-state index is 13.8. The molecule has 0 bridgehead atoms. The highest BCUT2D eigenvalue weighted by Crippen LogP contribution is 2.30. The Morgan fingerprint density at radius 1 is 1.18 bits per heavy atom. The van der Waals surface area contributed by atoms with Gasteiger partial charge in [0.1, 0.15) is 11.5 Å². The van der Waals surface area contributed by atoms with Gasteiger partial charge in [0.2, 0.25) is 0 Å². The van der Waals surface area contributed by atoms with Crippen molar-refractivity contribution in [2.45, 2.75) is 0 Å². The number of carbonyl (C=O) groups excluding carboxylic acids is 1. The summed E-state index contributed by atoms with van der Waals surface area (Å²) in [6.45, 7) is 0. The number of anilines is 1. The third-order valence-corrected chi connectivity index (χ3v) is 4.22. The molecule has 0 aliphatic carbocycles. The van der Waals surface area contributed by atoms with Gasteiger partial charge >= 0.3 is 0 Å². The minimum Gasteiger partial charge on any atom is -0.349 e. The van der Waals surface area contributed by atoms with Crippen LogP contribution in [-0.4, -0.2) is 10.9 Å². The number of aromatic nitrogens is 1. The molecule has 2 N–H and O–H groups in total. The lowest BCUT2D eigenvalue weighted by molar-refractivity contribution is 0.102. The highest BCUT2D eigenvalue weighted by molar-refractivity contribution is 9.10. The van der Waals surface area contributed by atoms with Crippen LogP contribution in [0.2, 0.25) is 10.0 Å². The fourth-order valence-corrected chi connectivity index (χ4v) is 2.86. The van der Waals surface area contributed by atoms with Crippen molar-refractivity contribution < 1.29 is 9.18 Å². The molecular formula is C15H8BrCl2FN2O. The number of benzene rings is 2. The molecule has 22 heavy (non-hydrogen) atoms. The molecule has 0 aliphatic heterocycles. The molecule has 1 aromatic heterocycles. The summed E-state index contributed by atoms with van der Waals surface area (Å²) in [5, 5.41) is 3.88. The second-order valence-electron chi connectivity index (χ2n) is 4.58. The third-order valence-electron chi connectivity index (χ3n) is 3.10. The molecule has 112 valence electrons. The van der Waals surface area contributed by atoms with Crippen LogP contribution in [0.3, 0.4) is 0 Å². The summed E-state index contributed by atoms with van der Waals surface area (Å²) in [5.74, 6) is -1.07. The Bertz CT molecular complexity index is 895.